The maximum absolute atomic E-state index is 12.5. The Bertz CT molecular complexity index is 221. The van der Waals surface area contributed by atoms with Gasteiger partial charge in [0.2, 0.25) is 5.95 Å². The normalized spacial score (nSPS) is 9.90. The van der Waals surface area contributed by atoms with Crippen molar-refractivity contribution in [3.63, 3.8) is 0 Å². The molecule has 0 aliphatic heterocycles. The summed E-state index contributed by atoms with van der Waals surface area (Å²) in [6, 6.07) is 3.23. The molecular weight excluding hydrogens is 312 g/mol. The zero-order chi connectivity index (χ0) is 7.56. The van der Waals surface area contributed by atoms with E-state index in [0.29, 0.717) is 5.33 Å². The number of aromatic nitrogens is 1. The Balaban J connectivity index is 3.06. The summed E-state index contributed by atoms with van der Waals surface area (Å²) in [5.74, 6) is -0.415. The lowest BCUT2D eigenvalue weighted by Crippen LogP contribution is -1.90. The second-order valence-electron chi connectivity index (χ2n) is 1.73. The largest absolute Gasteiger partial charge is 0.224 e. The first-order valence-electron chi connectivity index (χ1n) is 2.60. The molecule has 0 N–H and O–H groups in total. The monoisotopic (exact) mass is 315 g/mol. The number of pyridine rings is 1. The van der Waals surface area contributed by atoms with Crippen molar-refractivity contribution in [1.82, 2.24) is 4.98 Å². The molecule has 0 unspecified atom stereocenters. The summed E-state index contributed by atoms with van der Waals surface area (Å²) in [4.78, 5) is 3.63. The Morgan fingerprint density at radius 2 is 2.30 bits per heavy atom. The maximum atomic E-state index is 12.5. The van der Waals surface area contributed by atoms with Crippen LogP contribution in [0.15, 0.2) is 12.1 Å². The van der Waals surface area contributed by atoms with E-state index in [2.05, 4.69) is 43.5 Å². The number of alkyl halides is 1. The van der Waals surface area contributed by atoms with E-state index in [1.165, 1.54) is 6.07 Å². The summed E-state index contributed by atoms with van der Waals surface area (Å²) in [5, 5.41) is 0.598. The Morgan fingerprint density at radius 1 is 1.60 bits per heavy atom. The van der Waals surface area contributed by atoms with Gasteiger partial charge >= 0.3 is 0 Å². The second-order valence-corrected chi connectivity index (χ2v) is 3.54. The van der Waals surface area contributed by atoms with Gasteiger partial charge in [-0.25, -0.2) is 4.98 Å². The van der Waals surface area contributed by atoms with Gasteiger partial charge in [-0.05, 0) is 28.7 Å². The quantitative estimate of drug-likeness (QED) is 0.441. The van der Waals surface area contributed by atoms with E-state index in [9.17, 15) is 4.39 Å². The summed E-state index contributed by atoms with van der Waals surface area (Å²) < 4.78 is 13.4. The summed E-state index contributed by atoms with van der Waals surface area (Å²) in [6.45, 7) is 0. The molecule has 0 saturated heterocycles. The molecule has 1 rings (SSSR count). The summed E-state index contributed by atoms with van der Waals surface area (Å²) >= 11 is 5.25. The van der Waals surface area contributed by atoms with Crippen molar-refractivity contribution in [2.75, 3.05) is 0 Å². The van der Waals surface area contributed by atoms with Gasteiger partial charge in [0.05, 0.1) is 5.69 Å². The van der Waals surface area contributed by atoms with Gasteiger partial charge in [0.1, 0.15) is 0 Å². The van der Waals surface area contributed by atoms with E-state index in [1.807, 2.05) is 6.07 Å². The highest BCUT2D eigenvalue weighted by Gasteiger charge is 1.97. The topological polar surface area (TPSA) is 12.9 Å². The van der Waals surface area contributed by atoms with Crippen LogP contribution in [0.1, 0.15) is 5.69 Å². The minimum Gasteiger partial charge on any atom is -0.224 e. The zero-order valence-electron chi connectivity index (χ0n) is 4.94. The molecule has 0 aromatic carbocycles. The van der Waals surface area contributed by atoms with Crippen molar-refractivity contribution in [2.24, 2.45) is 0 Å². The first kappa shape index (κ1) is 8.39. The van der Waals surface area contributed by atoms with Gasteiger partial charge < -0.3 is 0 Å². The van der Waals surface area contributed by atoms with Crippen LogP contribution in [0, 0.1) is 9.52 Å². The molecule has 1 aromatic heterocycles. The molecular formula is C6H4BrFIN. The lowest BCUT2D eigenvalue weighted by atomic mass is 10.4. The molecule has 54 valence electrons. The fraction of sp³-hybridized carbons (Fsp3) is 0.167. The fourth-order valence-electron chi connectivity index (χ4n) is 0.585. The van der Waals surface area contributed by atoms with Gasteiger partial charge in [-0.3, -0.25) is 0 Å². The van der Waals surface area contributed by atoms with Crippen LogP contribution in [-0.4, -0.2) is 4.98 Å². The molecule has 0 amide bonds. The van der Waals surface area contributed by atoms with Crippen molar-refractivity contribution in [2.45, 2.75) is 5.33 Å². The Labute approximate surface area is 80.3 Å². The zero-order valence-corrected chi connectivity index (χ0v) is 8.69. The van der Waals surface area contributed by atoms with E-state index in [4.69, 9.17) is 0 Å². The minimum absolute atomic E-state index is 0.415. The number of rotatable bonds is 1. The van der Waals surface area contributed by atoms with Crippen LogP contribution in [-0.2, 0) is 5.33 Å². The predicted molar refractivity (Wildman–Crippen MR) is 49.5 cm³/mol. The molecule has 1 heterocycles. The lowest BCUT2D eigenvalue weighted by Gasteiger charge is -1.94. The van der Waals surface area contributed by atoms with E-state index < -0.39 is 5.95 Å². The SMILES string of the molecule is Fc1cc(I)cc(CBr)n1. The average Bonchev–Trinajstić information content (AvgIpc) is 1.85. The highest BCUT2D eigenvalue weighted by Crippen LogP contribution is 2.09. The van der Waals surface area contributed by atoms with Gasteiger partial charge in [0.25, 0.3) is 0 Å². The van der Waals surface area contributed by atoms with Gasteiger partial charge in [0.15, 0.2) is 0 Å². The molecule has 0 radical (unpaired) electrons. The Morgan fingerprint density at radius 3 is 2.80 bits per heavy atom. The molecule has 0 saturated carbocycles. The third-order valence-electron chi connectivity index (χ3n) is 0.949. The van der Waals surface area contributed by atoms with Crippen LogP contribution in [0.4, 0.5) is 4.39 Å². The molecule has 10 heavy (non-hydrogen) atoms. The van der Waals surface area contributed by atoms with Crippen molar-refractivity contribution >= 4 is 38.5 Å². The first-order valence-corrected chi connectivity index (χ1v) is 4.80. The van der Waals surface area contributed by atoms with Crippen LogP contribution < -0.4 is 0 Å². The lowest BCUT2D eigenvalue weighted by molar-refractivity contribution is 0.578. The molecule has 0 aliphatic rings. The molecule has 0 atom stereocenters. The smallest absolute Gasteiger partial charge is 0.214 e. The van der Waals surface area contributed by atoms with Crippen molar-refractivity contribution in [3.8, 4) is 0 Å². The summed E-state index contributed by atoms with van der Waals surface area (Å²) in [7, 11) is 0. The third kappa shape index (κ3) is 2.16. The number of nitrogens with zero attached hydrogens (tertiary/aromatic N) is 1. The van der Waals surface area contributed by atoms with Crippen molar-refractivity contribution in [3.05, 3.63) is 27.3 Å². The molecule has 4 heteroatoms. The van der Waals surface area contributed by atoms with Crippen molar-refractivity contribution < 1.29 is 4.39 Å². The van der Waals surface area contributed by atoms with Gasteiger partial charge in [0, 0.05) is 15.0 Å². The van der Waals surface area contributed by atoms with Crippen LogP contribution in [0.5, 0.6) is 0 Å². The third-order valence-corrected chi connectivity index (χ3v) is 2.15. The highest BCUT2D eigenvalue weighted by molar-refractivity contribution is 14.1. The number of hydrogen-bond donors (Lipinski definition) is 0. The highest BCUT2D eigenvalue weighted by atomic mass is 127. The van der Waals surface area contributed by atoms with E-state index in [1.54, 1.807) is 0 Å². The molecule has 0 spiro atoms. The van der Waals surface area contributed by atoms with Crippen LogP contribution in [0.25, 0.3) is 0 Å². The summed E-state index contributed by atoms with van der Waals surface area (Å²) in [6.07, 6.45) is 0. The van der Waals surface area contributed by atoms with Crippen LogP contribution in [0.2, 0.25) is 0 Å². The second kappa shape index (κ2) is 3.61. The first-order chi connectivity index (χ1) is 4.72. The van der Waals surface area contributed by atoms with E-state index >= 15 is 0 Å². The summed E-state index contributed by atoms with van der Waals surface area (Å²) in [5.41, 5.74) is 0.726. The Kier molecular flexibility index (Phi) is 3.03. The van der Waals surface area contributed by atoms with Gasteiger partial charge in [-0.2, -0.15) is 4.39 Å². The van der Waals surface area contributed by atoms with Gasteiger partial charge in [-0.15, -0.1) is 0 Å². The van der Waals surface area contributed by atoms with Crippen molar-refractivity contribution in [1.29, 1.82) is 0 Å². The number of halogens is 3. The molecule has 0 fully saturated rings. The van der Waals surface area contributed by atoms with E-state index in [-0.39, 0.29) is 0 Å². The van der Waals surface area contributed by atoms with Crippen LogP contribution in [0.3, 0.4) is 0 Å². The number of hydrogen-bond acceptors (Lipinski definition) is 1. The molecule has 0 aliphatic carbocycles. The van der Waals surface area contributed by atoms with Gasteiger partial charge in [-0.1, -0.05) is 15.9 Å². The predicted octanol–water partition coefficient (Wildman–Crippen LogP) is 2.72. The standard InChI is InChI=1S/C6H4BrFIN/c7-3-5-1-4(9)2-6(8)10-5/h1-2H,3H2. The minimum atomic E-state index is -0.415. The molecule has 1 aromatic rings. The average molecular weight is 316 g/mol. The van der Waals surface area contributed by atoms with Crippen LogP contribution >= 0.6 is 38.5 Å². The molecule has 0 bridgehead atoms. The Hall–Kier alpha value is 0.290. The fourth-order valence-corrected chi connectivity index (χ4v) is 1.49. The molecule has 1 nitrogen and oxygen atoms in total. The van der Waals surface area contributed by atoms with E-state index in [0.717, 1.165) is 9.26 Å². The maximum Gasteiger partial charge on any atom is 0.214 e.